The molecule has 6 amide bonds. The molecule has 2 aliphatic rings. The number of benzene rings is 1. The van der Waals surface area contributed by atoms with Gasteiger partial charge < -0.3 is 46.5 Å². The van der Waals surface area contributed by atoms with Gasteiger partial charge >= 0.3 is 29.8 Å². The lowest BCUT2D eigenvalue weighted by Crippen LogP contribution is -2.47. The van der Waals surface area contributed by atoms with Crippen molar-refractivity contribution in [1.29, 1.82) is 0 Å². The van der Waals surface area contributed by atoms with Gasteiger partial charge in [-0.15, -0.1) is 5.06 Å². The molecule has 4 atom stereocenters. The number of Topliss-reactive ketones (excluding diaryl/α,β-unsaturated/α-hetero) is 2. The molecule has 390 valence electrons. The minimum Gasteiger partial charge on any atom is -0.481 e. The van der Waals surface area contributed by atoms with Crippen molar-refractivity contribution in [3.63, 3.8) is 0 Å². The summed E-state index contributed by atoms with van der Waals surface area (Å²) in [5, 5.41) is 48.9. The number of nitrogens with one attached hydrogen (secondary N) is 4. The Kier molecular flexibility index (Phi) is 25.3. The van der Waals surface area contributed by atoms with Gasteiger partial charge in [0.05, 0.1) is 23.9 Å². The number of ketones is 2. The van der Waals surface area contributed by atoms with Crippen molar-refractivity contribution >= 4 is 99.4 Å². The Labute approximate surface area is 422 Å². The normalized spacial score (nSPS) is 17.2. The van der Waals surface area contributed by atoms with E-state index in [1.807, 2.05) is 6.07 Å². The number of unbranched alkanes of at least 4 members (excludes halogenated alkanes) is 2. The SMILES string of the molecule is O=C(O)CC[C@@H](CC(=O)[C@@H](CCC(=O)O)NC(=O)CCCCNC(=O)C1CCC(C(=O)ON2C(=O)CCC2=O)CC1)C(=O)N[C@H](CCC(=O)O)C(=O)C[C@H](CCCCNC(=O)c1cccc(I)c1)C(=O)O. The van der Waals surface area contributed by atoms with Crippen LogP contribution < -0.4 is 21.3 Å². The molecule has 3 rings (SSSR count). The van der Waals surface area contributed by atoms with Gasteiger partial charge in [-0.3, -0.25) is 57.5 Å². The first-order valence-electron chi connectivity index (χ1n) is 23.6. The Hall–Kier alpha value is -6.34. The smallest absolute Gasteiger partial charge is 0.336 e. The summed E-state index contributed by atoms with van der Waals surface area (Å²) in [6.45, 7) is 0.393. The Morgan fingerprint density at radius 1 is 0.634 bits per heavy atom. The molecule has 71 heavy (non-hydrogen) atoms. The van der Waals surface area contributed by atoms with E-state index in [4.69, 9.17) is 4.84 Å². The van der Waals surface area contributed by atoms with Crippen LogP contribution in [-0.2, 0) is 62.4 Å². The Morgan fingerprint density at radius 3 is 1.75 bits per heavy atom. The fourth-order valence-electron chi connectivity index (χ4n) is 8.06. The van der Waals surface area contributed by atoms with Crippen molar-refractivity contribution in [2.24, 2.45) is 23.7 Å². The van der Waals surface area contributed by atoms with E-state index in [9.17, 15) is 82.8 Å². The Bertz CT molecular complexity index is 2130. The van der Waals surface area contributed by atoms with E-state index in [2.05, 4.69) is 43.9 Å². The first-order valence-corrected chi connectivity index (χ1v) is 24.6. The first kappa shape index (κ1) is 59.0. The maximum Gasteiger partial charge on any atom is 0.336 e. The molecule has 23 nitrogen and oxygen atoms in total. The molecule has 0 radical (unpaired) electrons. The number of carboxylic acid groups (broad SMARTS) is 4. The topological polar surface area (TPSA) is 363 Å². The molecule has 2 fully saturated rings. The van der Waals surface area contributed by atoms with Gasteiger partial charge in [-0.1, -0.05) is 12.5 Å². The van der Waals surface area contributed by atoms with E-state index < -0.39 is 152 Å². The average Bonchev–Trinajstić information content (AvgIpc) is 3.63. The monoisotopic (exact) mass is 1110 g/mol. The Balaban J connectivity index is 1.53. The van der Waals surface area contributed by atoms with Gasteiger partial charge in [0.1, 0.15) is 0 Å². The summed E-state index contributed by atoms with van der Waals surface area (Å²) in [4.78, 5) is 167. The zero-order valence-electron chi connectivity index (χ0n) is 39.2. The summed E-state index contributed by atoms with van der Waals surface area (Å²) in [6.07, 6.45) is -2.15. The van der Waals surface area contributed by atoms with Crippen LogP contribution >= 0.6 is 22.6 Å². The molecule has 1 saturated heterocycles. The highest BCUT2D eigenvalue weighted by Crippen LogP contribution is 2.31. The number of aliphatic carboxylic acids is 4. The minimum atomic E-state index is -1.54. The third kappa shape index (κ3) is 21.7. The average molecular weight is 1110 g/mol. The van der Waals surface area contributed by atoms with Crippen LogP contribution in [0.25, 0.3) is 0 Å². The summed E-state index contributed by atoms with van der Waals surface area (Å²) in [5.41, 5.74) is 0.446. The molecule has 0 aromatic heterocycles. The van der Waals surface area contributed by atoms with Gasteiger partial charge in [-0.05, 0) is 111 Å². The van der Waals surface area contributed by atoms with Crippen molar-refractivity contribution in [3.8, 4) is 0 Å². The number of halogens is 1. The number of carboxylic acids is 4. The van der Waals surface area contributed by atoms with Crippen LogP contribution in [0.1, 0.15) is 139 Å². The van der Waals surface area contributed by atoms with Crippen LogP contribution in [-0.4, -0.2) is 128 Å². The van der Waals surface area contributed by atoms with E-state index in [1.54, 1.807) is 18.2 Å². The van der Waals surface area contributed by atoms with E-state index in [0.717, 1.165) is 3.57 Å². The summed E-state index contributed by atoms with van der Waals surface area (Å²) in [7, 11) is 0. The number of imide groups is 1. The lowest BCUT2D eigenvalue weighted by Gasteiger charge is -2.27. The van der Waals surface area contributed by atoms with E-state index in [1.165, 1.54) is 0 Å². The minimum absolute atomic E-state index is 0.00344. The van der Waals surface area contributed by atoms with Gasteiger partial charge in [-0.2, -0.15) is 0 Å². The van der Waals surface area contributed by atoms with Crippen molar-refractivity contribution in [2.75, 3.05) is 13.1 Å². The molecule has 1 aliphatic carbocycles. The second-order valence-electron chi connectivity index (χ2n) is 17.6. The fourth-order valence-corrected chi connectivity index (χ4v) is 8.60. The number of carbonyl (C=O) groups is 13. The van der Waals surface area contributed by atoms with Crippen LogP contribution in [0.15, 0.2) is 24.3 Å². The van der Waals surface area contributed by atoms with Crippen molar-refractivity contribution in [1.82, 2.24) is 26.3 Å². The quantitative estimate of drug-likeness (QED) is 0.0285. The van der Waals surface area contributed by atoms with Crippen molar-refractivity contribution in [3.05, 3.63) is 33.4 Å². The molecule has 1 aromatic rings. The Morgan fingerprint density at radius 2 is 1.17 bits per heavy atom. The van der Waals surface area contributed by atoms with Crippen LogP contribution in [0.5, 0.6) is 0 Å². The molecule has 0 unspecified atom stereocenters. The van der Waals surface area contributed by atoms with E-state index in [0.29, 0.717) is 49.2 Å². The van der Waals surface area contributed by atoms with Gasteiger partial charge in [0.25, 0.3) is 17.7 Å². The van der Waals surface area contributed by atoms with Crippen LogP contribution in [0.2, 0.25) is 0 Å². The molecule has 24 heteroatoms. The molecule has 1 heterocycles. The largest absolute Gasteiger partial charge is 0.481 e. The van der Waals surface area contributed by atoms with E-state index in [-0.39, 0.29) is 63.4 Å². The van der Waals surface area contributed by atoms with Crippen LogP contribution in [0.4, 0.5) is 0 Å². The molecule has 1 saturated carbocycles. The fraction of sp³-hybridized carbons (Fsp3) is 0.596. The number of hydrogen-bond donors (Lipinski definition) is 8. The van der Waals surface area contributed by atoms with Gasteiger partial charge in [0.2, 0.25) is 17.7 Å². The van der Waals surface area contributed by atoms with Gasteiger partial charge in [0.15, 0.2) is 11.6 Å². The molecule has 1 aliphatic heterocycles. The third-order valence-electron chi connectivity index (χ3n) is 12.1. The highest BCUT2D eigenvalue weighted by Gasteiger charge is 2.37. The lowest BCUT2D eigenvalue weighted by molar-refractivity contribution is -0.201. The highest BCUT2D eigenvalue weighted by molar-refractivity contribution is 14.1. The molecular weight excluding hydrogens is 1050 g/mol. The maximum absolute atomic E-state index is 13.7. The zero-order chi connectivity index (χ0) is 52.6. The summed E-state index contributed by atoms with van der Waals surface area (Å²) in [5.74, 6) is -14.8. The third-order valence-corrected chi connectivity index (χ3v) is 12.8. The van der Waals surface area contributed by atoms with Crippen molar-refractivity contribution in [2.45, 2.75) is 141 Å². The predicted octanol–water partition coefficient (Wildman–Crippen LogP) is 2.69. The predicted molar refractivity (Wildman–Crippen MR) is 253 cm³/mol. The zero-order valence-corrected chi connectivity index (χ0v) is 41.3. The number of nitrogens with zero attached hydrogens (tertiary/aromatic N) is 1. The molecule has 0 spiro atoms. The molecule has 0 bridgehead atoms. The molecular formula is C47H62IN5O18. The van der Waals surface area contributed by atoms with Crippen molar-refractivity contribution < 1.29 is 87.6 Å². The van der Waals surface area contributed by atoms with Crippen LogP contribution in [0.3, 0.4) is 0 Å². The number of hydrogen-bond acceptors (Lipinski definition) is 14. The first-order chi connectivity index (χ1) is 33.6. The summed E-state index contributed by atoms with van der Waals surface area (Å²) < 4.78 is 0.860. The highest BCUT2D eigenvalue weighted by atomic mass is 127. The lowest BCUT2D eigenvalue weighted by atomic mass is 9.81. The maximum atomic E-state index is 13.7. The second kappa shape index (κ2) is 30.4. The van der Waals surface area contributed by atoms with Crippen LogP contribution in [0, 0.1) is 27.2 Å². The number of hydroxylamine groups is 2. The summed E-state index contributed by atoms with van der Waals surface area (Å²) >= 11 is 2.07. The molecule has 8 N–H and O–H groups in total. The standard InChI is InChI=1S/C47H62IN5O18/c48-32-8-5-7-29(24-32)44(66)50-22-3-1-6-31(46(68)69)26-36(55)34(16-21-42(63)64)52-45(67)30(14-19-40(59)60)25-35(54)33(15-20-41(61)62)51-37(56)9-2-4-23-49-43(65)27-10-12-28(13-11-27)47(70)71-53-38(57)17-18-39(53)58/h5,7-8,24,27-28,30-31,33-34H,1-4,6,9-23,25-26H2,(H,49,65)(H,50,66)(H,51,56)(H,52,67)(H,59,60)(H,61,62)(H,63,64)(H,68,69)/t27?,28?,30-,31-,33+,34+/m0/s1. The number of amides is 6. The molecule has 1 aromatic carbocycles. The van der Waals surface area contributed by atoms with Gasteiger partial charge in [0, 0.05) is 85.4 Å². The summed E-state index contributed by atoms with van der Waals surface area (Å²) in [6, 6.07) is 3.91. The van der Waals surface area contributed by atoms with E-state index >= 15 is 0 Å². The number of carbonyl (C=O) groups excluding carboxylic acids is 9. The number of rotatable bonds is 33. The van der Waals surface area contributed by atoms with Gasteiger partial charge in [-0.25, -0.2) is 4.79 Å². The second-order valence-corrected chi connectivity index (χ2v) is 18.8.